The SMILES string of the molecule is CC(=O)N1CCN(c2ccc(Nc3ncc(C(N)=O)c(N[C@H]4CC[C@H](N(Cc5ccccc5)C(=O)O)CC4)n3)cc2)CC1. The van der Waals surface area contributed by atoms with E-state index in [0.717, 1.165) is 42.9 Å². The van der Waals surface area contributed by atoms with Crippen molar-refractivity contribution < 1.29 is 19.5 Å². The van der Waals surface area contributed by atoms with Gasteiger partial charge in [-0.25, -0.2) is 9.78 Å². The third-order valence-corrected chi connectivity index (χ3v) is 8.19. The Hall–Kier alpha value is -4.87. The molecule has 5 rings (SSSR count). The van der Waals surface area contributed by atoms with Gasteiger partial charge >= 0.3 is 6.09 Å². The number of nitrogens with two attached hydrogens (primary N) is 1. The van der Waals surface area contributed by atoms with E-state index < -0.39 is 12.0 Å². The molecule has 3 aromatic rings. The second-order valence-electron chi connectivity index (χ2n) is 11.0. The van der Waals surface area contributed by atoms with Crippen molar-refractivity contribution in [2.75, 3.05) is 41.7 Å². The summed E-state index contributed by atoms with van der Waals surface area (Å²) in [6, 6.07) is 17.4. The number of piperazine rings is 1. The number of carbonyl (C=O) groups is 3. The number of carboxylic acid groups (broad SMARTS) is 1. The van der Waals surface area contributed by atoms with E-state index >= 15 is 0 Å². The van der Waals surface area contributed by atoms with E-state index in [9.17, 15) is 19.5 Å². The maximum absolute atomic E-state index is 12.2. The predicted octanol–water partition coefficient (Wildman–Crippen LogP) is 3.89. The summed E-state index contributed by atoms with van der Waals surface area (Å²) in [5, 5.41) is 16.4. The van der Waals surface area contributed by atoms with Gasteiger partial charge in [0.2, 0.25) is 11.9 Å². The molecule has 1 aliphatic heterocycles. The number of primary amides is 1. The summed E-state index contributed by atoms with van der Waals surface area (Å²) in [6.07, 6.45) is 3.31. The first-order valence-electron chi connectivity index (χ1n) is 14.6. The van der Waals surface area contributed by atoms with Gasteiger partial charge in [0, 0.05) is 69.3 Å². The van der Waals surface area contributed by atoms with Crippen molar-refractivity contribution in [3.8, 4) is 0 Å². The molecule has 2 heterocycles. The van der Waals surface area contributed by atoms with Gasteiger partial charge in [0.1, 0.15) is 5.82 Å². The van der Waals surface area contributed by atoms with Crippen molar-refractivity contribution in [3.05, 3.63) is 71.9 Å². The molecule has 1 saturated carbocycles. The molecule has 0 atom stereocenters. The van der Waals surface area contributed by atoms with E-state index in [0.29, 0.717) is 44.2 Å². The first-order valence-corrected chi connectivity index (χ1v) is 14.6. The number of hydrogen-bond acceptors (Lipinski definition) is 8. The van der Waals surface area contributed by atoms with Crippen LogP contribution in [0.2, 0.25) is 0 Å². The molecule has 0 bridgehead atoms. The van der Waals surface area contributed by atoms with Crippen LogP contribution in [0.3, 0.4) is 0 Å². The molecule has 226 valence electrons. The van der Waals surface area contributed by atoms with Gasteiger partial charge in [-0.1, -0.05) is 30.3 Å². The molecule has 1 saturated heterocycles. The van der Waals surface area contributed by atoms with Crippen molar-refractivity contribution in [1.82, 2.24) is 19.8 Å². The molecule has 3 amide bonds. The largest absolute Gasteiger partial charge is 0.465 e. The predicted molar refractivity (Wildman–Crippen MR) is 164 cm³/mol. The topological polar surface area (TPSA) is 157 Å². The van der Waals surface area contributed by atoms with Gasteiger partial charge in [0.05, 0.1) is 5.56 Å². The molecule has 2 aliphatic rings. The fourth-order valence-electron chi connectivity index (χ4n) is 5.75. The summed E-state index contributed by atoms with van der Waals surface area (Å²) in [7, 11) is 0. The quantitative estimate of drug-likeness (QED) is 0.292. The smallest absolute Gasteiger partial charge is 0.407 e. The molecule has 0 unspecified atom stereocenters. The molecule has 0 spiro atoms. The highest BCUT2D eigenvalue weighted by molar-refractivity contribution is 5.97. The Kier molecular flexibility index (Phi) is 9.23. The lowest BCUT2D eigenvalue weighted by Crippen LogP contribution is -2.48. The van der Waals surface area contributed by atoms with Crippen LogP contribution in [0.4, 0.5) is 27.9 Å². The molecule has 1 aliphatic carbocycles. The lowest BCUT2D eigenvalue weighted by molar-refractivity contribution is -0.129. The minimum Gasteiger partial charge on any atom is -0.465 e. The number of aromatic nitrogens is 2. The Morgan fingerprint density at radius 3 is 2.26 bits per heavy atom. The highest BCUT2D eigenvalue weighted by atomic mass is 16.4. The van der Waals surface area contributed by atoms with Crippen molar-refractivity contribution in [2.24, 2.45) is 5.73 Å². The lowest BCUT2D eigenvalue weighted by Gasteiger charge is -2.36. The Balaban J connectivity index is 1.20. The zero-order valence-corrected chi connectivity index (χ0v) is 24.3. The summed E-state index contributed by atoms with van der Waals surface area (Å²) < 4.78 is 0. The minimum absolute atomic E-state index is 0.00669. The monoisotopic (exact) mass is 586 g/mol. The van der Waals surface area contributed by atoms with Crippen LogP contribution < -0.4 is 21.3 Å². The number of rotatable bonds is 9. The van der Waals surface area contributed by atoms with Crippen LogP contribution in [0.5, 0.6) is 0 Å². The van der Waals surface area contributed by atoms with Crippen LogP contribution in [0.25, 0.3) is 0 Å². The van der Waals surface area contributed by atoms with Gasteiger partial charge in [0.25, 0.3) is 5.91 Å². The Morgan fingerprint density at radius 2 is 1.65 bits per heavy atom. The number of amides is 3. The summed E-state index contributed by atoms with van der Waals surface area (Å²) in [5.41, 5.74) is 8.64. The Morgan fingerprint density at radius 1 is 0.977 bits per heavy atom. The van der Waals surface area contributed by atoms with E-state index in [4.69, 9.17) is 5.73 Å². The second kappa shape index (κ2) is 13.4. The fraction of sp³-hybridized carbons (Fsp3) is 0.387. The number of carbonyl (C=O) groups excluding carboxylic acids is 2. The zero-order valence-electron chi connectivity index (χ0n) is 24.3. The van der Waals surface area contributed by atoms with Crippen LogP contribution in [-0.2, 0) is 11.3 Å². The highest BCUT2D eigenvalue weighted by Crippen LogP contribution is 2.28. The van der Waals surface area contributed by atoms with Gasteiger partial charge in [0.15, 0.2) is 0 Å². The lowest BCUT2D eigenvalue weighted by atomic mass is 9.90. The van der Waals surface area contributed by atoms with Crippen LogP contribution >= 0.6 is 0 Å². The van der Waals surface area contributed by atoms with Crippen molar-refractivity contribution in [2.45, 2.75) is 51.2 Å². The summed E-state index contributed by atoms with van der Waals surface area (Å²) >= 11 is 0. The highest BCUT2D eigenvalue weighted by Gasteiger charge is 2.30. The van der Waals surface area contributed by atoms with Crippen molar-refractivity contribution in [1.29, 1.82) is 0 Å². The molecule has 1 aromatic heterocycles. The minimum atomic E-state index is -0.925. The van der Waals surface area contributed by atoms with Crippen LogP contribution in [0, 0.1) is 0 Å². The number of anilines is 4. The molecule has 2 aromatic carbocycles. The summed E-state index contributed by atoms with van der Waals surface area (Å²) in [6.45, 7) is 4.92. The number of nitrogens with one attached hydrogen (secondary N) is 2. The second-order valence-corrected chi connectivity index (χ2v) is 11.0. The van der Waals surface area contributed by atoms with Gasteiger partial charge in [-0.2, -0.15) is 4.98 Å². The van der Waals surface area contributed by atoms with E-state index in [-0.39, 0.29) is 23.6 Å². The first kappa shape index (κ1) is 29.6. The van der Waals surface area contributed by atoms with Gasteiger partial charge in [-0.3, -0.25) is 9.59 Å². The third-order valence-electron chi connectivity index (χ3n) is 8.19. The number of nitrogens with zero attached hydrogens (tertiary/aromatic N) is 5. The molecular weight excluding hydrogens is 548 g/mol. The normalized spacial score (nSPS) is 18.5. The fourth-order valence-corrected chi connectivity index (χ4v) is 5.75. The molecule has 43 heavy (non-hydrogen) atoms. The van der Waals surface area contributed by atoms with E-state index in [1.807, 2.05) is 59.5 Å². The number of hydrogen-bond donors (Lipinski definition) is 4. The van der Waals surface area contributed by atoms with Gasteiger partial charge < -0.3 is 36.2 Å². The van der Waals surface area contributed by atoms with Gasteiger partial charge in [-0.05, 0) is 55.5 Å². The first-order chi connectivity index (χ1) is 20.8. The van der Waals surface area contributed by atoms with Crippen LogP contribution in [-0.4, -0.2) is 81.0 Å². The van der Waals surface area contributed by atoms with Crippen LogP contribution in [0.1, 0.15) is 48.5 Å². The van der Waals surface area contributed by atoms with Crippen molar-refractivity contribution >= 4 is 41.0 Å². The summed E-state index contributed by atoms with van der Waals surface area (Å²) in [5.74, 6) is 0.153. The maximum atomic E-state index is 12.2. The van der Waals surface area contributed by atoms with E-state index in [1.54, 1.807) is 6.92 Å². The Labute approximate surface area is 250 Å². The Bertz CT molecular complexity index is 1420. The summed E-state index contributed by atoms with van der Waals surface area (Å²) in [4.78, 5) is 50.3. The van der Waals surface area contributed by atoms with E-state index in [2.05, 4.69) is 25.5 Å². The molecule has 5 N–H and O–H groups in total. The average molecular weight is 587 g/mol. The number of benzene rings is 2. The standard InChI is InChI=1S/C31H38N8O4/c1-21(40)37-15-17-38(18-16-37)25-11-7-24(8-12-25)35-30-33-19-27(28(32)41)29(36-30)34-23-9-13-26(14-10-23)39(31(42)43)20-22-5-3-2-4-6-22/h2-8,11-12,19,23,26H,9-10,13-18,20H2,1H3,(H2,32,41)(H,42,43)(H2,33,34,35,36)/t23-,26-. The molecular formula is C31H38N8O4. The van der Waals surface area contributed by atoms with E-state index in [1.165, 1.54) is 11.1 Å². The molecule has 0 radical (unpaired) electrons. The molecule has 2 fully saturated rings. The zero-order chi connectivity index (χ0) is 30.3. The average Bonchev–Trinajstić information content (AvgIpc) is 3.01. The molecule has 12 nitrogen and oxygen atoms in total. The van der Waals surface area contributed by atoms with Crippen LogP contribution in [0.15, 0.2) is 60.8 Å². The third kappa shape index (κ3) is 7.51. The van der Waals surface area contributed by atoms with Crippen molar-refractivity contribution in [3.63, 3.8) is 0 Å². The molecule has 12 heteroatoms. The van der Waals surface area contributed by atoms with Gasteiger partial charge in [-0.15, -0.1) is 0 Å². The maximum Gasteiger partial charge on any atom is 0.407 e.